The zero-order valence-electron chi connectivity index (χ0n) is 14.5. The second kappa shape index (κ2) is 9.68. The standard InChI is InChI=1S/C18H17BrClN3O3S/c1-10(2)26-15-8-5-12(9-14(15)19)16(24)21-18(27)23-22-17(25)11-3-6-13(20)7-4-11/h3-10H,1-2H3,(H,22,25)(H2,21,23,24,27). The topological polar surface area (TPSA) is 79.5 Å². The van der Waals surface area contributed by atoms with E-state index in [0.29, 0.717) is 26.4 Å². The second-order valence-electron chi connectivity index (χ2n) is 5.68. The fraction of sp³-hybridized carbons (Fsp3) is 0.167. The van der Waals surface area contributed by atoms with E-state index in [9.17, 15) is 9.59 Å². The molecule has 0 aliphatic carbocycles. The van der Waals surface area contributed by atoms with Crippen molar-refractivity contribution in [3.63, 3.8) is 0 Å². The molecule has 0 fully saturated rings. The molecule has 0 aliphatic heterocycles. The van der Waals surface area contributed by atoms with Crippen LogP contribution in [0.25, 0.3) is 0 Å². The molecular weight excluding hydrogens is 454 g/mol. The number of ether oxygens (including phenoxy) is 1. The van der Waals surface area contributed by atoms with Gasteiger partial charge in [-0.05, 0) is 84.5 Å². The highest BCUT2D eigenvalue weighted by atomic mass is 79.9. The lowest BCUT2D eigenvalue weighted by molar-refractivity contribution is 0.0934. The number of carbonyl (C=O) groups is 2. The van der Waals surface area contributed by atoms with Crippen LogP contribution in [0.2, 0.25) is 5.02 Å². The first-order valence-corrected chi connectivity index (χ1v) is 9.47. The molecule has 0 spiro atoms. The van der Waals surface area contributed by atoms with Crippen molar-refractivity contribution >= 4 is 56.7 Å². The summed E-state index contributed by atoms with van der Waals surface area (Å²) < 4.78 is 6.25. The van der Waals surface area contributed by atoms with E-state index in [1.54, 1.807) is 42.5 Å². The van der Waals surface area contributed by atoms with Crippen molar-refractivity contribution in [3.8, 4) is 5.75 Å². The third-order valence-corrected chi connectivity index (χ3v) is 4.26. The molecule has 0 saturated heterocycles. The molecule has 0 unspecified atom stereocenters. The Morgan fingerprint density at radius 3 is 2.26 bits per heavy atom. The Kier molecular flexibility index (Phi) is 7.58. The Labute approximate surface area is 175 Å². The summed E-state index contributed by atoms with van der Waals surface area (Å²) in [4.78, 5) is 24.2. The molecule has 0 aromatic heterocycles. The maximum Gasteiger partial charge on any atom is 0.269 e. The normalized spacial score (nSPS) is 10.3. The van der Waals surface area contributed by atoms with Gasteiger partial charge in [-0.3, -0.25) is 25.8 Å². The van der Waals surface area contributed by atoms with Crippen LogP contribution in [0.3, 0.4) is 0 Å². The van der Waals surface area contributed by atoms with Crippen molar-refractivity contribution in [2.24, 2.45) is 0 Å². The first-order valence-electron chi connectivity index (χ1n) is 7.89. The van der Waals surface area contributed by atoms with E-state index in [-0.39, 0.29) is 11.2 Å². The summed E-state index contributed by atoms with van der Waals surface area (Å²) in [5.41, 5.74) is 5.65. The lowest BCUT2D eigenvalue weighted by Gasteiger charge is -2.13. The highest BCUT2D eigenvalue weighted by molar-refractivity contribution is 9.10. The molecule has 142 valence electrons. The van der Waals surface area contributed by atoms with E-state index >= 15 is 0 Å². The SMILES string of the molecule is CC(C)Oc1ccc(C(=O)NC(=S)NNC(=O)c2ccc(Cl)cc2)cc1Br. The van der Waals surface area contributed by atoms with Crippen molar-refractivity contribution in [3.05, 3.63) is 63.1 Å². The lowest BCUT2D eigenvalue weighted by atomic mass is 10.2. The van der Waals surface area contributed by atoms with Crippen LogP contribution in [0.1, 0.15) is 34.6 Å². The Balaban J connectivity index is 1.89. The van der Waals surface area contributed by atoms with Gasteiger partial charge >= 0.3 is 0 Å². The van der Waals surface area contributed by atoms with E-state index in [1.165, 1.54) is 0 Å². The van der Waals surface area contributed by atoms with Gasteiger partial charge in [0.15, 0.2) is 5.11 Å². The summed E-state index contributed by atoms with van der Waals surface area (Å²) in [7, 11) is 0. The van der Waals surface area contributed by atoms with Gasteiger partial charge in [0.2, 0.25) is 0 Å². The van der Waals surface area contributed by atoms with Gasteiger partial charge in [0.25, 0.3) is 11.8 Å². The number of hydrogen-bond donors (Lipinski definition) is 3. The predicted octanol–water partition coefficient (Wildman–Crippen LogP) is 3.84. The van der Waals surface area contributed by atoms with Gasteiger partial charge < -0.3 is 4.74 Å². The zero-order chi connectivity index (χ0) is 20.0. The summed E-state index contributed by atoms with van der Waals surface area (Å²) in [6.45, 7) is 3.82. The fourth-order valence-corrected chi connectivity index (χ4v) is 2.73. The molecule has 9 heteroatoms. The minimum absolute atomic E-state index is 0.0157. The van der Waals surface area contributed by atoms with E-state index in [2.05, 4.69) is 32.1 Å². The summed E-state index contributed by atoms with van der Waals surface area (Å²) in [5, 5.41) is 2.97. The third kappa shape index (κ3) is 6.50. The molecule has 0 aliphatic rings. The van der Waals surface area contributed by atoms with Crippen molar-refractivity contribution in [1.82, 2.24) is 16.2 Å². The summed E-state index contributed by atoms with van der Waals surface area (Å²) in [6.07, 6.45) is 0.0157. The number of hydrogen-bond acceptors (Lipinski definition) is 4. The monoisotopic (exact) mass is 469 g/mol. The maximum atomic E-state index is 12.3. The molecule has 2 rings (SSSR count). The van der Waals surface area contributed by atoms with Gasteiger partial charge in [-0.2, -0.15) is 0 Å². The summed E-state index contributed by atoms with van der Waals surface area (Å²) >= 11 is 14.2. The molecule has 0 bridgehead atoms. The number of rotatable bonds is 4. The average Bonchev–Trinajstić information content (AvgIpc) is 2.61. The number of carbonyl (C=O) groups excluding carboxylic acids is 2. The molecule has 27 heavy (non-hydrogen) atoms. The van der Waals surface area contributed by atoms with Crippen LogP contribution in [-0.2, 0) is 0 Å². The first kappa shape index (κ1) is 21.1. The van der Waals surface area contributed by atoms with Gasteiger partial charge in [-0.15, -0.1) is 0 Å². The molecule has 2 aromatic rings. The molecule has 2 amide bonds. The minimum Gasteiger partial charge on any atom is -0.490 e. The maximum absolute atomic E-state index is 12.3. The third-order valence-electron chi connectivity index (χ3n) is 3.18. The molecule has 0 saturated carbocycles. The number of halogens is 2. The van der Waals surface area contributed by atoms with Gasteiger partial charge in [0.1, 0.15) is 5.75 Å². The highest BCUT2D eigenvalue weighted by Gasteiger charge is 2.12. The van der Waals surface area contributed by atoms with Crippen LogP contribution in [0.4, 0.5) is 0 Å². The number of nitrogens with one attached hydrogen (secondary N) is 3. The van der Waals surface area contributed by atoms with E-state index in [1.807, 2.05) is 13.8 Å². The van der Waals surface area contributed by atoms with Crippen LogP contribution < -0.4 is 20.9 Å². The number of hydrazine groups is 1. The molecule has 3 N–H and O–H groups in total. The lowest BCUT2D eigenvalue weighted by Crippen LogP contribution is -2.48. The van der Waals surface area contributed by atoms with Gasteiger partial charge in [0, 0.05) is 16.1 Å². The summed E-state index contributed by atoms with van der Waals surface area (Å²) in [5.74, 6) is -0.205. The van der Waals surface area contributed by atoms with Crippen LogP contribution in [0, 0.1) is 0 Å². The van der Waals surface area contributed by atoms with Crippen molar-refractivity contribution in [2.75, 3.05) is 0 Å². The first-order chi connectivity index (χ1) is 12.8. The number of benzene rings is 2. The minimum atomic E-state index is -0.426. The average molecular weight is 471 g/mol. The van der Waals surface area contributed by atoms with Gasteiger partial charge in [0.05, 0.1) is 10.6 Å². The molecule has 6 nitrogen and oxygen atoms in total. The van der Waals surface area contributed by atoms with Crippen molar-refractivity contribution in [1.29, 1.82) is 0 Å². The smallest absolute Gasteiger partial charge is 0.269 e. The van der Waals surface area contributed by atoms with E-state index < -0.39 is 11.8 Å². The second-order valence-corrected chi connectivity index (χ2v) is 7.38. The van der Waals surface area contributed by atoms with Crippen LogP contribution in [0.15, 0.2) is 46.9 Å². The number of thiocarbonyl (C=S) groups is 1. The Hall–Kier alpha value is -2.16. The van der Waals surface area contributed by atoms with E-state index in [0.717, 1.165) is 0 Å². The molecule has 2 aromatic carbocycles. The quantitative estimate of drug-likeness (QED) is 0.467. The van der Waals surface area contributed by atoms with Gasteiger partial charge in [-0.1, -0.05) is 11.6 Å². The molecular formula is C18H17BrClN3O3S. The zero-order valence-corrected chi connectivity index (χ0v) is 17.7. The predicted molar refractivity (Wildman–Crippen MR) is 112 cm³/mol. The molecule has 0 heterocycles. The molecule has 0 atom stereocenters. The summed E-state index contributed by atoms with van der Waals surface area (Å²) in [6, 6.07) is 11.3. The Morgan fingerprint density at radius 1 is 1.04 bits per heavy atom. The van der Waals surface area contributed by atoms with Crippen LogP contribution >= 0.6 is 39.7 Å². The van der Waals surface area contributed by atoms with Crippen LogP contribution in [0.5, 0.6) is 5.75 Å². The number of amides is 2. The molecule has 0 radical (unpaired) electrons. The van der Waals surface area contributed by atoms with Crippen molar-refractivity contribution in [2.45, 2.75) is 20.0 Å². The largest absolute Gasteiger partial charge is 0.490 e. The highest BCUT2D eigenvalue weighted by Crippen LogP contribution is 2.26. The van der Waals surface area contributed by atoms with Crippen molar-refractivity contribution < 1.29 is 14.3 Å². The van der Waals surface area contributed by atoms with Gasteiger partial charge in [-0.25, -0.2) is 0 Å². The Bertz CT molecular complexity index is 859. The van der Waals surface area contributed by atoms with E-state index in [4.69, 9.17) is 28.6 Å². The Morgan fingerprint density at radius 2 is 1.67 bits per heavy atom. The van der Waals surface area contributed by atoms with Crippen LogP contribution in [-0.4, -0.2) is 23.0 Å². The fourth-order valence-electron chi connectivity index (χ4n) is 1.99.